The number of hydrogen-bond acceptors (Lipinski definition) is 4. The highest BCUT2D eigenvalue weighted by Crippen LogP contribution is 2.33. The highest BCUT2D eigenvalue weighted by Gasteiger charge is 2.11. The number of aromatic nitrogens is 1. The van der Waals surface area contributed by atoms with Crippen molar-refractivity contribution in [2.24, 2.45) is 0 Å². The normalized spacial score (nSPS) is 10.9. The molecule has 3 aromatic rings. The van der Waals surface area contributed by atoms with Crippen molar-refractivity contribution < 1.29 is 0 Å². The average Bonchev–Trinajstić information content (AvgIpc) is 2.91. The van der Waals surface area contributed by atoms with Crippen molar-refractivity contribution in [3.63, 3.8) is 0 Å². The molecule has 3 nitrogen and oxygen atoms in total. The molecule has 0 aliphatic heterocycles. The van der Waals surface area contributed by atoms with Gasteiger partial charge in [0.25, 0.3) is 0 Å². The molecule has 5 heteroatoms. The van der Waals surface area contributed by atoms with E-state index in [0.29, 0.717) is 0 Å². The molecule has 0 fully saturated rings. The standard InChI is InChI=1S/C15H14BrN3S/c1-19(8-10-4-2-3-5-11(10)16)12-6-7-13-15(14(12)17)18-9-20-13/h2-7,9H,8,17H2,1H3. The molecule has 0 saturated heterocycles. The largest absolute Gasteiger partial charge is 0.395 e. The fraction of sp³-hybridized carbons (Fsp3) is 0.133. The van der Waals surface area contributed by atoms with Crippen LogP contribution in [-0.4, -0.2) is 12.0 Å². The Balaban J connectivity index is 1.94. The van der Waals surface area contributed by atoms with Crippen LogP contribution in [0.25, 0.3) is 10.2 Å². The fourth-order valence-electron chi connectivity index (χ4n) is 2.24. The second-order valence-corrected chi connectivity index (χ2v) is 6.39. The number of nitrogens with zero attached hydrogens (tertiary/aromatic N) is 2. The lowest BCUT2D eigenvalue weighted by Crippen LogP contribution is -2.18. The van der Waals surface area contributed by atoms with Gasteiger partial charge in [0.1, 0.15) is 5.52 Å². The maximum absolute atomic E-state index is 6.25. The van der Waals surface area contributed by atoms with E-state index in [9.17, 15) is 0 Å². The van der Waals surface area contributed by atoms with Crippen molar-refractivity contribution in [3.8, 4) is 0 Å². The zero-order valence-corrected chi connectivity index (χ0v) is 13.4. The number of halogens is 1. The van der Waals surface area contributed by atoms with Crippen molar-refractivity contribution in [3.05, 3.63) is 51.9 Å². The zero-order valence-electron chi connectivity index (χ0n) is 11.0. The van der Waals surface area contributed by atoms with E-state index < -0.39 is 0 Å². The van der Waals surface area contributed by atoms with Crippen LogP contribution in [0.3, 0.4) is 0 Å². The summed E-state index contributed by atoms with van der Waals surface area (Å²) >= 11 is 5.19. The summed E-state index contributed by atoms with van der Waals surface area (Å²) in [6.45, 7) is 0.793. The summed E-state index contributed by atoms with van der Waals surface area (Å²) in [5.41, 5.74) is 12.0. The van der Waals surface area contributed by atoms with Crippen LogP contribution in [-0.2, 0) is 6.54 Å². The molecule has 3 rings (SSSR count). The minimum Gasteiger partial charge on any atom is -0.395 e. The van der Waals surface area contributed by atoms with Crippen LogP contribution in [0.5, 0.6) is 0 Å². The SMILES string of the molecule is CN(Cc1ccccc1Br)c1ccc2scnc2c1N. The number of anilines is 2. The molecule has 2 aromatic carbocycles. The summed E-state index contributed by atoms with van der Waals surface area (Å²) < 4.78 is 2.24. The Morgan fingerprint density at radius 1 is 1.25 bits per heavy atom. The summed E-state index contributed by atoms with van der Waals surface area (Å²) in [6.07, 6.45) is 0. The van der Waals surface area contributed by atoms with Crippen LogP contribution in [0.15, 0.2) is 46.4 Å². The number of nitrogen functional groups attached to an aromatic ring is 1. The smallest absolute Gasteiger partial charge is 0.106 e. The molecule has 0 aliphatic carbocycles. The Labute approximate surface area is 130 Å². The number of nitrogens with two attached hydrogens (primary N) is 1. The molecule has 0 atom stereocenters. The molecule has 0 spiro atoms. The van der Waals surface area contributed by atoms with Crippen molar-refractivity contribution in [2.75, 3.05) is 17.7 Å². The maximum atomic E-state index is 6.25. The molecule has 0 aliphatic rings. The average molecular weight is 348 g/mol. The first-order chi connectivity index (χ1) is 9.66. The molecule has 0 amide bonds. The van der Waals surface area contributed by atoms with Crippen LogP contribution < -0.4 is 10.6 Å². The van der Waals surface area contributed by atoms with Gasteiger partial charge in [-0.3, -0.25) is 0 Å². The molecule has 0 bridgehead atoms. The third kappa shape index (κ3) is 2.39. The molecule has 0 unspecified atom stereocenters. The molecule has 1 heterocycles. The van der Waals surface area contributed by atoms with Gasteiger partial charge in [0, 0.05) is 18.1 Å². The van der Waals surface area contributed by atoms with E-state index in [1.165, 1.54) is 5.56 Å². The van der Waals surface area contributed by atoms with Gasteiger partial charge >= 0.3 is 0 Å². The van der Waals surface area contributed by atoms with E-state index in [4.69, 9.17) is 5.73 Å². The van der Waals surface area contributed by atoms with Gasteiger partial charge in [-0.2, -0.15) is 0 Å². The van der Waals surface area contributed by atoms with Crippen LogP contribution in [0, 0.1) is 0 Å². The fourth-order valence-corrected chi connectivity index (χ4v) is 3.34. The number of thiazole rings is 1. The second-order valence-electron chi connectivity index (χ2n) is 4.64. The highest BCUT2D eigenvalue weighted by atomic mass is 79.9. The third-order valence-corrected chi connectivity index (χ3v) is 4.86. The summed E-state index contributed by atoms with van der Waals surface area (Å²) in [4.78, 5) is 6.49. The lowest BCUT2D eigenvalue weighted by molar-refractivity contribution is 0.921. The predicted octanol–water partition coefficient (Wildman–Crippen LogP) is 4.28. The van der Waals surface area contributed by atoms with E-state index in [-0.39, 0.29) is 0 Å². The van der Waals surface area contributed by atoms with E-state index in [0.717, 1.165) is 32.6 Å². The van der Waals surface area contributed by atoms with Gasteiger partial charge in [-0.05, 0) is 23.8 Å². The molecule has 0 saturated carbocycles. The van der Waals surface area contributed by atoms with E-state index in [1.807, 2.05) is 24.7 Å². The van der Waals surface area contributed by atoms with Gasteiger partial charge < -0.3 is 10.6 Å². The van der Waals surface area contributed by atoms with Crippen molar-refractivity contribution in [1.29, 1.82) is 0 Å². The first-order valence-corrected chi connectivity index (χ1v) is 7.90. The number of benzene rings is 2. The van der Waals surface area contributed by atoms with Gasteiger partial charge in [0.15, 0.2) is 0 Å². The summed E-state index contributed by atoms with van der Waals surface area (Å²) in [5.74, 6) is 0. The van der Waals surface area contributed by atoms with Crippen LogP contribution in [0.4, 0.5) is 11.4 Å². The maximum Gasteiger partial charge on any atom is 0.106 e. The number of fused-ring (bicyclic) bond motifs is 1. The van der Waals surface area contributed by atoms with Crippen LogP contribution in [0.2, 0.25) is 0 Å². The predicted molar refractivity (Wildman–Crippen MR) is 90.3 cm³/mol. The molecule has 20 heavy (non-hydrogen) atoms. The minimum atomic E-state index is 0.748. The summed E-state index contributed by atoms with van der Waals surface area (Å²) in [5, 5.41) is 0. The van der Waals surface area contributed by atoms with Crippen molar-refractivity contribution >= 4 is 48.9 Å². The van der Waals surface area contributed by atoms with E-state index in [1.54, 1.807) is 11.3 Å². The minimum absolute atomic E-state index is 0.748. The Morgan fingerprint density at radius 2 is 2.05 bits per heavy atom. The summed E-state index contributed by atoms with van der Waals surface area (Å²) in [6, 6.07) is 12.4. The van der Waals surface area contributed by atoms with Gasteiger partial charge in [-0.1, -0.05) is 34.1 Å². The first kappa shape index (κ1) is 13.4. The number of hydrogen-bond donors (Lipinski definition) is 1. The first-order valence-electron chi connectivity index (χ1n) is 6.23. The Hall–Kier alpha value is -1.59. The monoisotopic (exact) mass is 347 g/mol. The Morgan fingerprint density at radius 3 is 2.85 bits per heavy atom. The zero-order chi connectivity index (χ0) is 14.1. The van der Waals surface area contributed by atoms with Crippen molar-refractivity contribution in [1.82, 2.24) is 4.98 Å². The molecular formula is C15H14BrN3S. The third-order valence-electron chi connectivity index (χ3n) is 3.30. The quantitative estimate of drug-likeness (QED) is 0.719. The van der Waals surface area contributed by atoms with Crippen LogP contribution in [0.1, 0.15) is 5.56 Å². The highest BCUT2D eigenvalue weighted by molar-refractivity contribution is 9.10. The van der Waals surface area contributed by atoms with Gasteiger partial charge in [0.05, 0.1) is 21.6 Å². The van der Waals surface area contributed by atoms with E-state index in [2.05, 4.69) is 50.1 Å². The Bertz CT molecular complexity index is 754. The molecule has 2 N–H and O–H groups in total. The number of rotatable bonds is 3. The lowest BCUT2D eigenvalue weighted by Gasteiger charge is -2.22. The molecular weight excluding hydrogens is 334 g/mol. The topological polar surface area (TPSA) is 42.2 Å². The van der Waals surface area contributed by atoms with Gasteiger partial charge in [-0.15, -0.1) is 11.3 Å². The van der Waals surface area contributed by atoms with Gasteiger partial charge in [0.2, 0.25) is 0 Å². The second kappa shape index (κ2) is 5.42. The van der Waals surface area contributed by atoms with Crippen molar-refractivity contribution in [2.45, 2.75) is 6.54 Å². The van der Waals surface area contributed by atoms with E-state index >= 15 is 0 Å². The molecule has 102 valence electrons. The summed E-state index contributed by atoms with van der Waals surface area (Å²) in [7, 11) is 2.04. The molecule has 0 radical (unpaired) electrons. The Kier molecular flexibility index (Phi) is 3.63. The molecule has 1 aromatic heterocycles. The van der Waals surface area contributed by atoms with Gasteiger partial charge in [-0.25, -0.2) is 4.98 Å². The van der Waals surface area contributed by atoms with Crippen LogP contribution >= 0.6 is 27.3 Å². The lowest BCUT2D eigenvalue weighted by atomic mass is 10.2.